The number of rotatable bonds is 3. The van der Waals surface area contributed by atoms with Crippen molar-refractivity contribution in [3.8, 4) is 6.07 Å². The zero-order valence-electron chi connectivity index (χ0n) is 13.0. The molecule has 1 aliphatic heterocycles. The van der Waals surface area contributed by atoms with Gasteiger partial charge in [0.25, 0.3) is 0 Å². The summed E-state index contributed by atoms with van der Waals surface area (Å²) in [6.45, 7) is 3.46. The minimum Gasteiger partial charge on any atom is -0.389 e. The van der Waals surface area contributed by atoms with Gasteiger partial charge in [-0.15, -0.1) is 0 Å². The fraction of sp³-hybridized carbons (Fsp3) is 0.875. The third-order valence-corrected chi connectivity index (χ3v) is 4.67. The van der Waals surface area contributed by atoms with Gasteiger partial charge in [-0.1, -0.05) is 25.7 Å². The van der Waals surface area contributed by atoms with E-state index in [1.54, 1.807) is 0 Å². The van der Waals surface area contributed by atoms with Gasteiger partial charge in [-0.05, 0) is 39.2 Å². The van der Waals surface area contributed by atoms with Crippen LogP contribution in [0.5, 0.6) is 0 Å². The molecular formula is C16H27N3O2. The van der Waals surface area contributed by atoms with Crippen LogP contribution in [0.3, 0.4) is 0 Å². The molecule has 2 fully saturated rings. The second kappa shape index (κ2) is 6.76. The van der Waals surface area contributed by atoms with E-state index in [1.165, 1.54) is 0 Å². The van der Waals surface area contributed by atoms with E-state index in [2.05, 4.69) is 11.4 Å². The maximum atomic E-state index is 12.3. The van der Waals surface area contributed by atoms with Gasteiger partial charge < -0.3 is 10.4 Å². The van der Waals surface area contributed by atoms with Gasteiger partial charge in [-0.3, -0.25) is 9.69 Å². The summed E-state index contributed by atoms with van der Waals surface area (Å²) in [6, 6.07) is 2.34. The molecule has 21 heavy (non-hydrogen) atoms. The van der Waals surface area contributed by atoms with E-state index >= 15 is 0 Å². The van der Waals surface area contributed by atoms with Crippen molar-refractivity contribution in [3.05, 3.63) is 0 Å². The zero-order chi connectivity index (χ0) is 15.3. The van der Waals surface area contributed by atoms with Crippen LogP contribution in [0.2, 0.25) is 0 Å². The van der Waals surface area contributed by atoms with Crippen LogP contribution < -0.4 is 5.32 Å². The first-order chi connectivity index (χ1) is 9.95. The number of nitrogens with zero attached hydrogens (tertiary/aromatic N) is 2. The van der Waals surface area contributed by atoms with Gasteiger partial charge in [0, 0.05) is 6.54 Å². The minimum atomic E-state index is -0.701. The first-order valence-corrected chi connectivity index (χ1v) is 8.12. The zero-order valence-corrected chi connectivity index (χ0v) is 13.0. The molecule has 5 heteroatoms. The van der Waals surface area contributed by atoms with Crippen molar-refractivity contribution < 1.29 is 9.90 Å². The Morgan fingerprint density at radius 1 is 1.24 bits per heavy atom. The summed E-state index contributed by atoms with van der Waals surface area (Å²) in [5.41, 5.74) is -1.38. The molecule has 2 N–H and O–H groups in total. The average molecular weight is 293 g/mol. The van der Waals surface area contributed by atoms with Crippen molar-refractivity contribution in [2.75, 3.05) is 19.6 Å². The first kappa shape index (κ1) is 16.3. The van der Waals surface area contributed by atoms with E-state index in [1.807, 2.05) is 11.8 Å². The predicted octanol–water partition coefficient (Wildman–Crippen LogP) is 1.57. The van der Waals surface area contributed by atoms with Crippen LogP contribution in [0.15, 0.2) is 0 Å². The molecule has 0 bridgehead atoms. The molecule has 0 aromatic heterocycles. The Morgan fingerprint density at radius 2 is 1.90 bits per heavy atom. The molecule has 0 spiro atoms. The summed E-state index contributed by atoms with van der Waals surface area (Å²) in [4.78, 5) is 14.3. The minimum absolute atomic E-state index is 0.0869. The molecule has 5 nitrogen and oxygen atoms in total. The normalized spacial score (nSPS) is 30.1. The average Bonchev–Trinajstić information content (AvgIpc) is 2.63. The number of β-amino-alcohol motifs (C(OH)–C–C–N with tert-alkyl or cyclic N) is 1. The highest BCUT2D eigenvalue weighted by Gasteiger charge is 2.34. The molecule has 1 unspecified atom stereocenters. The highest BCUT2D eigenvalue weighted by Crippen LogP contribution is 2.26. The molecule has 1 heterocycles. The van der Waals surface area contributed by atoms with Gasteiger partial charge in [0.1, 0.15) is 5.54 Å². The van der Waals surface area contributed by atoms with Gasteiger partial charge in [0.15, 0.2) is 0 Å². The van der Waals surface area contributed by atoms with E-state index in [9.17, 15) is 15.2 Å². The van der Waals surface area contributed by atoms with Crippen LogP contribution in [-0.2, 0) is 4.79 Å². The maximum absolute atomic E-state index is 12.3. The Kier molecular flexibility index (Phi) is 5.23. The van der Waals surface area contributed by atoms with Crippen LogP contribution in [0.25, 0.3) is 0 Å². The molecule has 0 aromatic carbocycles. The number of piperidine rings is 1. The van der Waals surface area contributed by atoms with Crippen molar-refractivity contribution in [1.29, 1.82) is 5.26 Å². The highest BCUT2D eigenvalue weighted by molar-refractivity contribution is 5.79. The molecule has 1 saturated carbocycles. The van der Waals surface area contributed by atoms with Gasteiger partial charge in [0.2, 0.25) is 5.91 Å². The van der Waals surface area contributed by atoms with Crippen LogP contribution in [0.4, 0.5) is 0 Å². The summed E-state index contributed by atoms with van der Waals surface area (Å²) in [6.07, 6.45) is 7.51. The lowest BCUT2D eigenvalue weighted by Gasteiger charge is -2.37. The lowest BCUT2D eigenvalue weighted by atomic mass is 9.91. The fourth-order valence-electron chi connectivity index (χ4n) is 3.56. The topological polar surface area (TPSA) is 76.4 Å². The van der Waals surface area contributed by atoms with Crippen molar-refractivity contribution in [1.82, 2.24) is 10.2 Å². The predicted molar refractivity (Wildman–Crippen MR) is 80.5 cm³/mol. The van der Waals surface area contributed by atoms with E-state index in [0.29, 0.717) is 6.54 Å². The summed E-state index contributed by atoms with van der Waals surface area (Å²) < 4.78 is 0. The Hall–Kier alpha value is -1.12. The smallest absolute Gasteiger partial charge is 0.235 e. The molecule has 0 aromatic rings. The molecule has 2 aliphatic rings. The number of hydrogen-bond donors (Lipinski definition) is 2. The number of carbonyl (C=O) groups excluding carboxylic acids is 1. The van der Waals surface area contributed by atoms with E-state index in [0.717, 1.165) is 57.9 Å². The van der Waals surface area contributed by atoms with Crippen LogP contribution in [-0.4, -0.2) is 46.7 Å². The summed E-state index contributed by atoms with van der Waals surface area (Å²) in [5, 5.41) is 22.5. The fourth-order valence-corrected chi connectivity index (χ4v) is 3.56. The molecule has 1 aliphatic carbocycles. The SMILES string of the molecule is CC1(O)CCCN(CC(=O)NC2(C#N)CCCCCC2)C1. The Balaban J connectivity index is 1.89. The standard InChI is InChI=1S/C16H27N3O2/c1-15(21)7-6-10-19(13-15)11-14(20)18-16(12-17)8-4-2-3-5-9-16/h21H,2-11,13H2,1H3,(H,18,20). The quantitative estimate of drug-likeness (QED) is 0.774. The number of nitrogens with one attached hydrogen (secondary N) is 1. The third-order valence-electron chi connectivity index (χ3n) is 4.67. The number of likely N-dealkylation sites (tertiary alicyclic amines) is 1. The molecule has 2 rings (SSSR count). The number of amides is 1. The summed E-state index contributed by atoms with van der Waals surface area (Å²) in [5.74, 6) is -0.0869. The number of nitriles is 1. The Bertz CT molecular complexity index is 406. The Labute approximate surface area is 127 Å². The second-order valence-corrected chi connectivity index (χ2v) is 6.97. The number of carbonyl (C=O) groups is 1. The second-order valence-electron chi connectivity index (χ2n) is 6.97. The first-order valence-electron chi connectivity index (χ1n) is 8.12. The highest BCUT2D eigenvalue weighted by atomic mass is 16.3. The lowest BCUT2D eigenvalue weighted by molar-refractivity contribution is -0.125. The summed E-state index contributed by atoms with van der Waals surface area (Å²) in [7, 11) is 0. The molecule has 1 amide bonds. The summed E-state index contributed by atoms with van der Waals surface area (Å²) >= 11 is 0. The van der Waals surface area contributed by atoms with E-state index in [4.69, 9.17) is 0 Å². The molecule has 1 saturated heterocycles. The monoisotopic (exact) mass is 293 g/mol. The van der Waals surface area contributed by atoms with Crippen molar-refractivity contribution in [2.45, 2.75) is 69.4 Å². The van der Waals surface area contributed by atoms with Gasteiger partial charge in [-0.25, -0.2) is 0 Å². The lowest BCUT2D eigenvalue weighted by Crippen LogP contribution is -2.53. The van der Waals surface area contributed by atoms with E-state index in [-0.39, 0.29) is 12.5 Å². The van der Waals surface area contributed by atoms with Gasteiger partial charge >= 0.3 is 0 Å². The van der Waals surface area contributed by atoms with Crippen LogP contribution in [0.1, 0.15) is 58.3 Å². The van der Waals surface area contributed by atoms with Crippen LogP contribution in [0, 0.1) is 11.3 Å². The van der Waals surface area contributed by atoms with Crippen molar-refractivity contribution in [2.24, 2.45) is 0 Å². The Morgan fingerprint density at radius 3 is 2.48 bits per heavy atom. The van der Waals surface area contributed by atoms with E-state index < -0.39 is 11.1 Å². The molecule has 118 valence electrons. The molecular weight excluding hydrogens is 266 g/mol. The largest absolute Gasteiger partial charge is 0.389 e. The van der Waals surface area contributed by atoms with Crippen LogP contribution >= 0.6 is 0 Å². The molecule has 1 atom stereocenters. The van der Waals surface area contributed by atoms with Gasteiger partial charge in [0.05, 0.1) is 18.2 Å². The van der Waals surface area contributed by atoms with Crippen molar-refractivity contribution in [3.63, 3.8) is 0 Å². The molecule has 0 radical (unpaired) electrons. The van der Waals surface area contributed by atoms with Gasteiger partial charge in [-0.2, -0.15) is 5.26 Å². The number of hydrogen-bond acceptors (Lipinski definition) is 4. The maximum Gasteiger partial charge on any atom is 0.235 e. The van der Waals surface area contributed by atoms with Crippen molar-refractivity contribution >= 4 is 5.91 Å². The number of aliphatic hydroxyl groups is 1. The third kappa shape index (κ3) is 4.69.